The van der Waals surface area contributed by atoms with E-state index in [1.807, 2.05) is 0 Å². The molecule has 3 fully saturated rings. The van der Waals surface area contributed by atoms with E-state index in [0.717, 1.165) is 12.8 Å². The minimum absolute atomic E-state index is 0.0771. The summed E-state index contributed by atoms with van der Waals surface area (Å²) >= 11 is 10.5. The first-order valence-corrected chi connectivity index (χ1v) is 11.8. The zero-order chi connectivity index (χ0) is 18.3. The maximum Gasteiger partial charge on any atom is 0.225 e. The van der Waals surface area contributed by atoms with E-state index in [0.29, 0.717) is 26.5 Å². The van der Waals surface area contributed by atoms with Gasteiger partial charge in [0.1, 0.15) is 5.82 Å². The maximum absolute atomic E-state index is 14.1. The number of hydrogen-bond donors (Lipinski definition) is 0. The average Bonchev–Trinajstić information content (AvgIpc) is 3.07. The molecule has 1 aromatic carbocycles. The standard InChI is InChI=1S/C20H25ClFNOS2/c1-23(12-16-17(21)6-3-7-18(16)22)19(24)13-10-14-4-2-5-15(11-13)20(14)25-8-9-26-20/h3,6-7,13-15H,2,4-5,8-12H2,1H3. The van der Waals surface area contributed by atoms with E-state index in [-0.39, 0.29) is 24.2 Å². The van der Waals surface area contributed by atoms with Crippen LogP contribution in [0.3, 0.4) is 0 Å². The molecule has 6 heteroatoms. The lowest BCUT2D eigenvalue weighted by molar-refractivity contribution is -0.137. The van der Waals surface area contributed by atoms with Crippen LogP contribution >= 0.6 is 35.1 Å². The molecule has 1 aliphatic heterocycles. The molecule has 2 nitrogen and oxygen atoms in total. The molecule has 2 saturated carbocycles. The van der Waals surface area contributed by atoms with Crippen LogP contribution in [0.15, 0.2) is 18.2 Å². The molecule has 26 heavy (non-hydrogen) atoms. The Kier molecular flexibility index (Phi) is 5.51. The van der Waals surface area contributed by atoms with Crippen molar-refractivity contribution in [2.45, 2.75) is 42.7 Å². The molecule has 142 valence electrons. The molecule has 0 N–H and O–H groups in total. The quantitative estimate of drug-likeness (QED) is 0.658. The first-order valence-electron chi connectivity index (χ1n) is 9.47. The third kappa shape index (κ3) is 3.29. The van der Waals surface area contributed by atoms with Gasteiger partial charge in [0.2, 0.25) is 5.91 Å². The van der Waals surface area contributed by atoms with Gasteiger partial charge >= 0.3 is 0 Å². The van der Waals surface area contributed by atoms with Crippen molar-refractivity contribution >= 4 is 41.0 Å². The fraction of sp³-hybridized carbons (Fsp3) is 0.650. The van der Waals surface area contributed by atoms with Crippen LogP contribution in [-0.2, 0) is 11.3 Å². The van der Waals surface area contributed by atoms with E-state index in [1.54, 1.807) is 24.1 Å². The monoisotopic (exact) mass is 413 g/mol. The molecule has 4 rings (SSSR count). The Labute approximate surface area is 168 Å². The molecule has 2 bridgehead atoms. The molecular formula is C20H25ClFNOS2. The topological polar surface area (TPSA) is 20.3 Å². The van der Waals surface area contributed by atoms with Crippen LogP contribution in [0.4, 0.5) is 4.39 Å². The van der Waals surface area contributed by atoms with Crippen LogP contribution in [0.2, 0.25) is 5.02 Å². The highest BCUT2D eigenvalue weighted by molar-refractivity contribution is 8.21. The van der Waals surface area contributed by atoms with Gasteiger partial charge in [0.25, 0.3) is 0 Å². The van der Waals surface area contributed by atoms with Gasteiger partial charge in [-0.05, 0) is 49.7 Å². The van der Waals surface area contributed by atoms with Gasteiger partial charge in [-0.2, -0.15) is 0 Å². The van der Waals surface area contributed by atoms with Crippen LogP contribution in [0, 0.1) is 23.6 Å². The fourth-order valence-corrected chi connectivity index (χ4v) is 9.28. The van der Waals surface area contributed by atoms with Gasteiger partial charge in [0.05, 0.1) is 4.08 Å². The molecule has 0 radical (unpaired) electrons. The number of halogens is 2. The first-order chi connectivity index (χ1) is 12.5. The molecule has 3 aliphatic rings. The normalized spacial score (nSPS) is 29.7. The summed E-state index contributed by atoms with van der Waals surface area (Å²) in [6.07, 6.45) is 5.79. The molecule has 1 amide bonds. The summed E-state index contributed by atoms with van der Waals surface area (Å²) in [4.78, 5) is 14.8. The van der Waals surface area contributed by atoms with Crippen molar-refractivity contribution in [1.29, 1.82) is 0 Å². The Morgan fingerprint density at radius 1 is 1.27 bits per heavy atom. The van der Waals surface area contributed by atoms with Crippen molar-refractivity contribution in [2.24, 2.45) is 17.8 Å². The molecular weight excluding hydrogens is 389 g/mol. The molecule has 1 aromatic rings. The summed E-state index contributed by atoms with van der Waals surface area (Å²) in [5, 5.41) is 0.392. The Morgan fingerprint density at radius 3 is 2.54 bits per heavy atom. The van der Waals surface area contributed by atoms with Crippen molar-refractivity contribution in [3.05, 3.63) is 34.6 Å². The predicted molar refractivity (Wildman–Crippen MR) is 109 cm³/mol. The third-order valence-corrected chi connectivity index (χ3v) is 10.7. The number of amides is 1. The van der Waals surface area contributed by atoms with Crippen molar-refractivity contribution in [3.8, 4) is 0 Å². The van der Waals surface area contributed by atoms with Crippen LogP contribution in [0.25, 0.3) is 0 Å². The Bertz CT molecular complexity index is 658. The number of carbonyl (C=O) groups excluding carboxylic acids is 1. The van der Waals surface area contributed by atoms with E-state index in [4.69, 9.17) is 11.6 Å². The second kappa shape index (κ2) is 7.56. The van der Waals surface area contributed by atoms with E-state index in [1.165, 1.54) is 36.8 Å². The lowest BCUT2D eigenvalue weighted by Gasteiger charge is -2.52. The van der Waals surface area contributed by atoms with E-state index < -0.39 is 0 Å². The number of nitrogens with zero attached hydrogens (tertiary/aromatic N) is 1. The summed E-state index contributed by atoms with van der Waals surface area (Å²) in [7, 11) is 1.78. The van der Waals surface area contributed by atoms with Crippen molar-refractivity contribution < 1.29 is 9.18 Å². The van der Waals surface area contributed by atoms with E-state index in [9.17, 15) is 9.18 Å². The minimum Gasteiger partial charge on any atom is -0.341 e. The van der Waals surface area contributed by atoms with Gasteiger partial charge < -0.3 is 4.90 Å². The van der Waals surface area contributed by atoms with Crippen molar-refractivity contribution in [2.75, 3.05) is 18.6 Å². The Hall–Kier alpha value is -0.390. The van der Waals surface area contributed by atoms with Gasteiger partial charge in [-0.3, -0.25) is 4.79 Å². The molecule has 1 heterocycles. The van der Waals surface area contributed by atoms with Gasteiger partial charge in [-0.25, -0.2) is 4.39 Å². The largest absolute Gasteiger partial charge is 0.341 e. The van der Waals surface area contributed by atoms with Crippen LogP contribution in [0.1, 0.15) is 37.7 Å². The van der Waals surface area contributed by atoms with Gasteiger partial charge in [0, 0.05) is 41.6 Å². The lowest BCUT2D eigenvalue weighted by atomic mass is 9.66. The number of hydrogen-bond acceptors (Lipinski definition) is 3. The third-order valence-electron chi connectivity index (χ3n) is 6.30. The zero-order valence-corrected chi connectivity index (χ0v) is 17.4. The summed E-state index contributed by atoms with van der Waals surface area (Å²) in [5.74, 6) is 3.69. The van der Waals surface area contributed by atoms with Crippen LogP contribution in [0.5, 0.6) is 0 Å². The number of carbonyl (C=O) groups is 1. The molecule has 1 spiro atoms. The minimum atomic E-state index is -0.338. The highest BCUT2D eigenvalue weighted by Crippen LogP contribution is 2.64. The summed E-state index contributed by atoms with van der Waals surface area (Å²) in [6.45, 7) is 0.241. The van der Waals surface area contributed by atoms with Crippen LogP contribution < -0.4 is 0 Å². The second-order valence-corrected chi connectivity index (χ2v) is 11.2. The second-order valence-electron chi connectivity index (χ2n) is 7.81. The SMILES string of the molecule is CN(Cc1c(F)cccc1Cl)C(=O)C1CC2CCCC(C1)C21SCCS1. The van der Waals surface area contributed by atoms with Gasteiger partial charge in [-0.1, -0.05) is 24.1 Å². The predicted octanol–water partition coefficient (Wildman–Crippen LogP) is 5.44. The highest BCUT2D eigenvalue weighted by Gasteiger charge is 2.55. The molecule has 2 aliphatic carbocycles. The van der Waals surface area contributed by atoms with Gasteiger partial charge in [0.15, 0.2) is 0 Å². The fourth-order valence-electron chi connectivity index (χ4n) is 5.12. The van der Waals surface area contributed by atoms with Crippen molar-refractivity contribution in [1.82, 2.24) is 4.90 Å². The maximum atomic E-state index is 14.1. The van der Waals surface area contributed by atoms with E-state index >= 15 is 0 Å². The number of thioether (sulfide) groups is 2. The van der Waals surface area contributed by atoms with Crippen molar-refractivity contribution in [3.63, 3.8) is 0 Å². The molecule has 2 atom stereocenters. The average molecular weight is 414 g/mol. The van der Waals surface area contributed by atoms with Crippen LogP contribution in [-0.4, -0.2) is 33.4 Å². The van der Waals surface area contributed by atoms with E-state index in [2.05, 4.69) is 23.5 Å². The molecule has 0 aromatic heterocycles. The zero-order valence-electron chi connectivity index (χ0n) is 15.0. The van der Waals surface area contributed by atoms with Gasteiger partial charge in [-0.15, -0.1) is 23.5 Å². The number of benzene rings is 1. The number of rotatable bonds is 3. The summed E-state index contributed by atoms with van der Waals surface area (Å²) in [5.41, 5.74) is 0.416. The molecule has 1 saturated heterocycles. The lowest BCUT2D eigenvalue weighted by Crippen LogP contribution is -2.49. The summed E-state index contributed by atoms with van der Waals surface area (Å²) in [6, 6.07) is 4.69. The Morgan fingerprint density at radius 2 is 1.92 bits per heavy atom. The first kappa shape index (κ1) is 18.9. The Balaban J connectivity index is 1.47. The summed E-state index contributed by atoms with van der Waals surface area (Å²) < 4.78 is 14.5. The smallest absolute Gasteiger partial charge is 0.225 e. The molecule has 2 unspecified atom stereocenters. The highest BCUT2D eigenvalue weighted by atomic mass is 35.5.